The number of unbranched alkanes of at least 4 members (excludes halogenated alkanes) is 1. The van der Waals surface area contributed by atoms with Gasteiger partial charge < -0.3 is 9.64 Å². The molecule has 0 aliphatic rings. The molecule has 5 heteroatoms. The van der Waals surface area contributed by atoms with Crippen LogP contribution in [0.5, 0.6) is 0 Å². The van der Waals surface area contributed by atoms with E-state index >= 15 is 0 Å². The van der Waals surface area contributed by atoms with Gasteiger partial charge in [0.05, 0.1) is 19.5 Å². The van der Waals surface area contributed by atoms with Gasteiger partial charge in [-0.25, -0.2) is 14.8 Å². The minimum Gasteiger partial charge on any atom is -0.464 e. The highest BCUT2D eigenvalue weighted by Crippen LogP contribution is 2.08. The maximum atomic E-state index is 11.1. The Morgan fingerprint density at radius 3 is 2.69 bits per heavy atom. The second-order valence-electron chi connectivity index (χ2n) is 3.53. The largest absolute Gasteiger partial charge is 0.464 e. The minimum atomic E-state index is -0.463. The summed E-state index contributed by atoms with van der Waals surface area (Å²) in [5.41, 5.74) is 0.232. The molecule has 1 heterocycles. The Labute approximate surface area is 95.5 Å². The highest BCUT2D eigenvalue weighted by atomic mass is 16.5. The third-order valence-corrected chi connectivity index (χ3v) is 2.27. The normalized spacial score (nSPS) is 9.94. The van der Waals surface area contributed by atoms with E-state index in [2.05, 4.69) is 21.6 Å². The molecular formula is C11H17N3O2. The summed E-state index contributed by atoms with van der Waals surface area (Å²) in [4.78, 5) is 21.3. The number of ether oxygens (including phenoxy) is 1. The number of esters is 1. The van der Waals surface area contributed by atoms with Crippen LogP contribution in [0.25, 0.3) is 0 Å². The van der Waals surface area contributed by atoms with Gasteiger partial charge in [0.1, 0.15) is 5.82 Å². The molecule has 0 saturated carbocycles. The lowest BCUT2D eigenvalue weighted by Gasteiger charge is -2.16. The molecule has 0 radical (unpaired) electrons. The van der Waals surface area contributed by atoms with Gasteiger partial charge in [0.2, 0.25) is 0 Å². The number of anilines is 1. The van der Waals surface area contributed by atoms with E-state index in [-0.39, 0.29) is 5.69 Å². The highest BCUT2D eigenvalue weighted by molar-refractivity contribution is 5.86. The summed E-state index contributed by atoms with van der Waals surface area (Å²) in [5, 5.41) is 0. The van der Waals surface area contributed by atoms with Gasteiger partial charge in [-0.1, -0.05) is 13.3 Å². The number of hydrogen-bond acceptors (Lipinski definition) is 5. The molecule has 1 aromatic rings. The number of methoxy groups -OCH3 is 1. The first-order valence-corrected chi connectivity index (χ1v) is 5.30. The maximum Gasteiger partial charge on any atom is 0.358 e. The molecule has 0 atom stereocenters. The van der Waals surface area contributed by atoms with E-state index in [9.17, 15) is 4.79 Å². The summed E-state index contributed by atoms with van der Waals surface area (Å²) in [7, 11) is 3.28. The topological polar surface area (TPSA) is 55.3 Å². The van der Waals surface area contributed by atoms with E-state index in [1.165, 1.54) is 13.3 Å². The quantitative estimate of drug-likeness (QED) is 0.708. The number of carbonyl (C=O) groups excluding carboxylic acids is 1. The molecule has 0 spiro atoms. The van der Waals surface area contributed by atoms with E-state index in [1.54, 1.807) is 6.20 Å². The summed E-state index contributed by atoms with van der Waals surface area (Å²) in [6.45, 7) is 3.07. The molecule has 0 unspecified atom stereocenters. The van der Waals surface area contributed by atoms with Crippen LogP contribution in [-0.4, -0.2) is 36.6 Å². The monoisotopic (exact) mass is 223 g/mol. The molecule has 0 fully saturated rings. The third kappa shape index (κ3) is 3.18. The van der Waals surface area contributed by atoms with Crippen LogP contribution in [0, 0.1) is 0 Å². The summed E-state index contributed by atoms with van der Waals surface area (Å²) in [6, 6.07) is 0. The molecule has 1 aromatic heterocycles. The van der Waals surface area contributed by atoms with Crippen molar-refractivity contribution in [3.05, 3.63) is 18.1 Å². The van der Waals surface area contributed by atoms with Gasteiger partial charge in [0.15, 0.2) is 5.69 Å². The van der Waals surface area contributed by atoms with Crippen LogP contribution in [-0.2, 0) is 4.74 Å². The van der Waals surface area contributed by atoms with Gasteiger partial charge in [-0.3, -0.25) is 0 Å². The summed E-state index contributed by atoms with van der Waals surface area (Å²) < 4.78 is 4.55. The first-order chi connectivity index (χ1) is 7.69. The van der Waals surface area contributed by atoms with Gasteiger partial charge in [-0.2, -0.15) is 0 Å². The van der Waals surface area contributed by atoms with Gasteiger partial charge in [-0.05, 0) is 6.42 Å². The predicted molar refractivity (Wildman–Crippen MR) is 61.5 cm³/mol. The standard InChI is InChI=1S/C11H17N3O2/c1-4-5-6-14(2)10-8-12-9(7-13-10)11(15)16-3/h7-8H,4-6H2,1-3H3. The Morgan fingerprint density at radius 1 is 1.44 bits per heavy atom. The molecule has 5 nitrogen and oxygen atoms in total. The molecule has 1 rings (SSSR count). The van der Waals surface area contributed by atoms with E-state index in [0.717, 1.165) is 25.2 Å². The summed E-state index contributed by atoms with van der Waals surface area (Å²) in [6.07, 6.45) is 5.26. The minimum absolute atomic E-state index is 0.232. The zero-order valence-electron chi connectivity index (χ0n) is 9.93. The van der Waals surface area contributed by atoms with Gasteiger partial charge in [-0.15, -0.1) is 0 Å². The Morgan fingerprint density at radius 2 is 2.19 bits per heavy atom. The lowest BCUT2D eigenvalue weighted by atomic mass is 10.3. The Balaban J connectivity index is 2.67. The highest BCUT2D eigenvalue weighted by Gasteiger charge is 2.08. The average Bonchev–Trinajstić information content (AvgIpc) is 2.35. The molecule has 0 aliphatic carbocycles. The Bertz CT molecular complexity index is 338. The van der Waals surface area contributed by atoms with Crippen LogP contribution in [0.2, 0.25) is 0 Å². The van der Waals surface area contributed by atoms with E-state index < -0.39 is 5.97 Å². The van der Waals surface area contributed by atoms with Crippen LogP contribution in [0.3, 0.4) is 0 Å². The molecule has 16 heavy (non-hydrogen) atoms. The van der Waals surface area contributed by atoms with E-state index in [1.807, 2.05) is 11.9 Å². The van der Waals surface area contributed by atoms with Crippen LogP contribution in [0.4, 0.5) is 5.82 Å². The lowest BCUT2D eigenvalue weighted by Crippen LogP contribution is -2.20. The first-order valence-electron chi connectivity index (χ1n) is 5.30. The fraction of sp³-hybridized carbons (Fsp3) is 0.545. The van der Waals surface area contributed by atoms with Crippen molar-refractivity contribution in [2.75, 3.05) is 25.6 Å². The fourth-order valence-corrected chi connectivity index (χ4v) is 1.24. The fourth-order valence-electron chi connectivity index (χ4n) is 1.24. The van der Waals surface area contributed by atoms with Crippen molar-refractivity contribution in [1.82, 2.24) is 9.97 Å². The van der Waals surface area contributed by atoms with Crippen LogP contribution in [0.15, 0.2) is 12.4 Å². The lowest BCUT2D eigenvalue weighted by molar-refractivity contribution is 0.0593. The van der Waals surface area contributed by atoms with Crippen molar-refractivity contribution in [2.45, 2.75) is 19.8 Å². The zero-order valence-corrected chi connectivity index (χ0v) is 9.93. The summed E-state index contributed by atoms with van der Waals surface area (Å²) in [5.74, 6) is 0.302. The SMILES string of the molecule is CCCCN(C)c1cnc(C(=O)OC)cn1. The molecule has 88 valence electrons. The summed E-state index contributed by atoms with van der Waals surface area (Å²) >= 11 is 0. The number of aromatic nitrogens is 2. The molecule has 0 aliphatic heterocycles. The maximum absolute atomic E-state index is 11.1. The second kappa shape index (κ2) is 6.05. The van der Waals surface area contributed by atoms with Crippen molar-refractivity contribution >= 4 is 11.8 Å². The molecule has 0 N–H and O–H groups in total. The van der Waals surface area contributed by atoms with Crippen molar-refractivity contribution < 1.29 is 9.53 Å². The third-order valence-electron chi connectivity index (χ3n) is 2.27. The second-order valence-corrected chi connectivity index (χ2v) is 3.53. The van der Waals surface area contributed by atoms with Gasteiger partial charge in [0, 0.05) is 13.6 Å². The number of carbonyl (C=O) groups is 1. The van der Waals surface area contributed by atoms with Gasteiger partial charge in [0.25, 0.3) is 0 Å². The average molecular weight is 223 g/mol. The van der Waals surface area contributed by atoms with Crippen LogP contribution in [0.1, 0.15) is 30.3 Å². The molecule has 0 saturated heterocycles. The Kier molecular flexibility index (Phi) is 4.69. The zero-order chi connectivity index (χ0) is 12.0. The van der Waals surface area contributed by atoms with E-state index in [4.69, 9.17) is 0 Å². The number of hydrogen-bond donors (Lipinski definition) is 0. The van der Waals surface area contributed by atoms with Crippen molar-refractivity contribution in [3.63, 3.8) is 0 Å². The predicted octanol–water partition coefficient (Wildman–Crippen LogP) is 1.50. The number of rotatable bonds is 5. The van der Waals surface area contributed by atoms with Crippen molar-refractivity contribution in [3.8, 4) is 0 Å². The van der Waals surface area contributed by atoms with Crippen molar-refractivity contribution in [2.24, 2.45) is 0 Å². The first kappa shape index (κ1) is 12.4. The molecule has 0 amide bonds. The molecule has 0 bridgehead atoms. The molecular weight excluding hydrogens is 206 g/mol. The Hall–Kier alpha value is -1.65. The van der Waals surface area contributed by atoms with Gasteiger partial charge >= 0.3 is 5.97 Å². The number of nitrogens with zero attached hydrogens (tertiary/aromatic N) is 3. The van der Waals surface area contributed by atoms with E-state index in [0.29, 0.717) is 0 Å². The van der Waals surface area contributed by atoms with Crippen LogP contribution >= 0.6 is 0 Å². The smallest absolute Gasteiger partial charge is 0.358 e. The van der Waals surface area contributed by atoms with Crippen LogP contribution < -0.4 is 4.90 Å². The molecule has 0 aromatic carbocycles. The van der Waals surface area contributed by atoms with Crippen molar-refractivity contribution in [1.29, 1.82) is 0 Å².